The van der Waals surface area contributed by atoms with Crippen LogP contribution in [0.25, 0.3) is 0 Å². The normalized spacial score (nSPS) is 19.3. The fourth-order valence-corrected chi connectivity index (χ4v) is 2.25. The fourth-order valence-electron chi connectivity index (χ4n) is 1.98. The second-order valence-electron chi connectivity index (χ2n) is 4.38. The predicted molar refractivity (Wildman–Crippen MR) is 69.5 cm³/mol. The first-order chi connectivity index (χ1) is 8.16. The molecule has 0 saturated carbocycles. The van der Waals surface area contributed by atoms with E-state index < -0.39 is 0 Å². The maximum atomic E-state index is 12.1. The summed E-state index contributed by atoms with van der Waals surface area (Å²) in [5, 5.41) is 0. The lowest BCUT2D eigenvalue weighted by molar-refractivity contribution is -0.134. The summed E-state index contributed by atoms with van der Waals surface area (Å²) >= 11 is 3.40. The Bertz CT molecular complexity index is 385. The van der Waals surface area contributed by atoms with E-state index in [0.717, 1.165) is 16.5 Å². The standard InChI is InChI=1S/C13H16BrNO2/c1-15(13(16)11-6-7-17-9-11)8-10-2-4-12(14)5-3-10/h2-5,11H,6-9H2,1H3. The topological polar surface area (TPSA) is 29.5 Å². The van der Waals surface area contributed by atoms with Gasteiger partial charge in [0.25, 0.3) is 0 Å². The second kappa shape index (κ2) is 5.65. The Morgan fingerprint density at radius 1 is 1.47 bits per heavy atom. The molecule has 1 fully saturated rings. The van der Waals surface area contributed by atoms with Crippen LogP contribution < -0.4 is 0 Å². The van der Waals surface area contributed by atoms with Gasteiger partial charge in [-0.1, -0.05) is 28.1 Å². The monoisotopic (exact) mass is 297 g/mol. The van der Waals surface area contributed by atoms with Crippen molar-refractivity contribution in [2.24, 2.45) is 5.92 Å². The highest BCUT2D eigenvalue weighted by molar-refractivity contribution is 9.10. The summed E-state index contributed by atoms with van der Waals surface area (Å²) in [5.41, 5.74) is 1.14. The van der Waals surface area contributed by atoms with Gasteiger partial charge < -0.3 is 9.64 Å². The van der Waals surface area contributed by atoms with Crippen molar-refractivity contribution in [3.8, 4) is 0 Å². The minimum Gasteiger partial charge on any atom is -0.381 e. The number of rotatable bonds is 3. The molecule has 1 aliphatic rings. The molecule has 1 aromatic carbocycles. The smallest absolute Gasteiger partial charge is 0.228 e. The lowest BCUT2D eigenvalue weighted by atomic mass is 10.1. The van der Waals surface area contributed by atoms with Crippen LogP contribution in [0.15, 0.2) is 28.7 Å². The summed E-state index contributed by atoms with van der Waals surface area (Å²) in [4.78, 5) is 13.8. The fraction of sp³-hybridized carbons (Fsp3) is 0.462. The third-order valence-electron chi connectivity index (χ3n) is 2.99. The molecule has 1 aromatic rings. The summed E-state index contributed by atoms with van der Waals surface area (Å²) in [7, 11) is 1.85. The van der Waals surface area contributed by atoms with E-state index in [2.05, 4.69) is 15.9 Å². The van der Waals surface area contributed by atoms with Crippen LogP contribution in [0.2, 0.25) is 0 Å². The zero-order valence-electron chi connectivity index (χ0n) is 9.86. The van der Waals surface area contributed by atoms with Crippen LogP contribution in [-0.4, -0.2) is 31.1 Å². The van der Waals surface area contributed by atoms with Crippen molar-refractivity contribution in [2.45, 2.75) is 13.0 Å². The molecule has 1 aliphatic heterocycles. The van der Waals surface area contributed by atoms with Gasteiger partial charge in [0, 0.05) is 24.7 Å². The lowest BCUT2D eigenvalue weighted by Crippen LogP contribution is -2.32. The molecular formula is C13H16BrNO2. The van der Waals surface area contributed by atoms with Crippen molar-refractivity contribution in [3.63, 3.8) is 0 Å². The van der Waals surface area contributed by atoms with E-state index in [1.165, 1.54) is 0 Å². The van der Waals surface area contributed by atoms with Crippen LogP contribution in [0.3, 0.4) is 0 Å². The van der Waals surface area contributed by atoms with Gasteiger partial charge >= 0.3 is 0 Å². The number of carbonyl (C=O) groups is 1. The summed E-state index contributed by atoms with van der Waals surface area (Å²) in [6, 6.07) is 8.04. The molecule has 1 atom stereocenters. The van der Waals surface area contributed by atoms with E-state index in [0.29, 0.717) is 19.8 Å². The van der Waals surface area contributed by atoms with E-state index in [4.69, 9.17) is 4.74 Å². The van der Waals surface area contributed by atoms with Crippen LogP contribution >= 0.6 is 15.9 Å². The molecule has 4 heteroatoms. The van der Waals surface area contributed by atoms with Gasteiger partial charge in [-0.25, -0.2) is 0 Å². The van der Waals surface area contributed by atoms with Gasteiger partial charge in [-0.15, -0.1) is 0 Å². The number of ether oxygens (including phenoxy) is 1. The quantitative estimate of drug-likeness (QED) is 0.858. The highest BCUT2D eigenvalue weighted by Crippen LogP contribution is 2.17. The largest absolute Gasteiger partial charge is 0.381 e. The summed E-state index contributed by atoms with van der Waals surface area (Å²) in [6.45, 7) is 1.94. The Labute approximate surface area is 110 Å². The van der Waals surface area contributed by atoms with Gasteiger partial charge in [0.1, 0.15) is 0 Å². The number of hydrogen-bond acceptors (Lipinski definition) is 2. The van der Waals surface area contributed by atoms with Crippen LogP contribution in [0.4, 0.5) is 0 Å². The Balaban J connectivity index is 1.93. The zero-order valence-corrected chi connectivity index (χ0v) is 11.4. The average Bonchev–Trinajstić information content (AvgIpc) is 2.84. The van der Waals surface area contributed by atoms with Gasteiger partial charge in [-0.05, 0) is 24.1 Å². The molecule has 0 bridgehead atoms. The number of benzene rings is 1. The predicted octanol–water partition coefficient (Wildman–Crippen LogP) is 2.44. The van der Waals surface area contributed by atoms with E-state index in [1.807, 2.05) is 31.3 Å². The third-order valence-corrected chi connectivity index (χ3v) is 3.52. The van der Waals surface area contributed by atoms with Crippen LogP contribution in [-0.2, 0) is 16.1 Å². The molecule has 1 unspecified atom stereocenters. The minimum atomic E-state index is 0.0513. The number of nitrogens with zero attached hydrogens (tertiary/aromatic N) is 1. The molecule has 0 aliphatic carbocycles. The first kappa shape index (κ1) is 12.6. The molecule has 3 nitrogen and oxygen atoms in total. The van der Waals surface area contributed by atoms with Gasteiger partial charge in [0.15, 0.2) is 0 Å². The van der Waals surface area contributed by atoms with Crippen molar-refractivity contribution in [1.82, 2.24) is 4.90 Å². The Hall–Kier alpha value is -0.870. The van der Waals surface area contributed by atoms with Crippen LogP contribution in [0.5, 0.6) is 0 Å². The highest BCUT2D eigenvalue weighted by Gasteiger charge is 2.26. The first-order valence-electron chi connectivity index (χ1n) is 5.74. The number of halogens is 1. The van der Waals surface area contributed by atoms with E-state index in [1.54, 1.807) is 4.90 Å². The molecule has 1 heterocycles. The Morgan fingerprint density at radius 2 is 2.18 bits per heavy atom. The Morgan fingerprint density at radius 3 is 2.76 bits per heavy atom. The van der Waals surface area contributed by atoms with E-state index in [-0.39, 0.29) is 11.8 Å². The first-order valence-corrected chi connectivity index (χ1v) is 6.53. The van der Waals surface area contributed by atoms with Crippen molar-refractivity contribution in [1.29, 1.82) is 0 Å². The molecule has 17 heavy (non-hydrogen) atoms. The van der Waals surface area contributed by atoms with Gasteiger partial charge in [0.05, 0.1) is 12.5 Å². The second-order valence-corrected chi connectivity index (χ2v) is 5.30. The summed E-state index contributed by atoms with van der Waals surface area (Å²) in [5.74, 6) is 0.237. The lowest BCUT2D eigenvalue weighted by Gasteiger charge is -2.20. The van der Waals surface area contributed by atoms with Gasteiger partial charge in [0.2, 0.25) is 5.91 Å². The SMILES string of the molecule is CN(Cc1ccc(Br)cc1)C(=O)C1CCOC1. The molecule has 1 saturated heterocycles. The van der Waals surface area contributed by atoms with Crippen molar-refractivity contribution in [2.75, 3.05) is 20.3 Å². The summed E-state index contributed by atoms with van der Waals surface area (Å²) < 4.78 is 6.30. The number of amides is 1. The van der Waals surface area contributed by atoms with Crippen molar-refractivity contribution < 1.29 is 9.53 Å². The van der Waals surface area contributed by atoms with Crippen LogP contribution in [0.1, 0.15) is 12.0 Å². The molecule has 0 aromatic heterocycles. The Kier molecular flexibility index (Phi) is 4.18. The van der Waals surface area contributed by atoms with Gasteiger partial charge in [-0.2, -0.15) is 0 Å². The molecule has 1 amide bonds. The molecule has 0 spiro atoms. The maximum absolute atomic E-state index is 12.1. The molecule has 0 radical (unpaired) electrons. The van der Waals surface area contributed by atoms with Crippen molar-refractivity contribution >= 4 is 21.8 Å². The molecular weight excluding hydrogens is 282 g/mol. The van der Waals surface area contributed by atoms with Crippen LogP contribution in [0, 0.1) is 5.92 Å². The van der Waals surface area contributed by atoms with E-state index >= 15 is 0 Å². The van der Waals surface area contributed by atoms with Crippen molar-refractivity contribution in [3.05, 3.63) is 34.3 Å². The minimum absolute atomic E-state index is 0.0513. The number of carbonyl (C=O) groups excluding carboxylic acids is 1. The average molecular weight is 298 g/mol. The molecule has 92 valence electrons. The zero-order chi connectivity index (χ0) is 12.3. The van der Waals surface area contributed by atoms with E-state index in [9.17, 15) is 4.79 Å². The highest BCUT2D eigenvalue weighted by atomic mass is 79.9. The van der Waals surface area contributed by atoms with Gasteiger partial charge in [-0.3, -0.25) is 4.79 Å². The maximum Gasteiger partial charge on any atom is 0.228 e. The molecule has 2 rings (SSSR count). The number of hydrogen-bond donors (Lipinski definition) is 0. The third kappa shape index (κ3) is 3.30. The summed E-state index contributed by atoms with van der Waals surface area (Å²) in [6.07, 6.45) is 0.851. The molecule has 0 N–H and O–H groups in total.